The van der Waals surface area contributed by atoms with E-state index >= 15 is 0 Å². The highest BCUT2D eigenvalue weighted by molar-refractivity contribution is 5.27. The third-order valence-electron chi connectivity index (χ3n) is 5.06. The SMILES string of the molecule is Fc1ccccc1OCCN1CCN(CCCc2ccc(OC(F)(F)F)cc2)CC1. The van der Waals surface area contributed by atoms with Gasteiger partial charge in [-0.1, -0.05) is 24.3 Å². The van der Waals surface area contributed by atoms with Crippen LogP contribution < -0.4 is 9.47 Å². The number of alkyl halides is 3. The summed E-state index contributed by atoms with van der Waals surface area (Å²) in [6, 6.07) is 12.5. The van der Waals surface area contributed by atoms with Gasteiger partial charge in [-0.3, -0.25) is 4.90 Å². The number of aryl methyl sites for hydroxylation is 1. The zero-order chi connectivity index (χ0) is 21.4. The Morgan fingerprint density at radius 2 is 1.47 bits per heavy atom. The summed E-state index contributed by atoms with van der Waals surface area (Å²) in [5, 5.41) is 0. The molecule has 164 valence electrons. The summed E-state index contributed by atoms with van der Waals surface area (Å²) in [5.41, 5.74) is 0.994. The summed E-state index contributed by atoms with van der Waals surface area (Å²) in [5.74, 6) is -0.250. The number of nitrogens with zero attached hydrogens (tertiary/aromatic N) is 2. The Kier molecular flexibility index (Phi) is 7.93. The van der Waals surface area contributed by atoms with E-state index in [-0.39, 0.29) is 17.3 Å². The fraction of sp³-hybridized carbons (Fsp3) is 0.455. The Morgan fingerprint density at radius 3 is 2.10 bits per heavy atom. The molecule has 0 unspecified atom stereocenters. The Hall–Kier alpha value is -2.32. The summed E-state index contributed by atoms with van der Waals surface area (Å²) in [4.78, 5) is 4.69. The number of ether oxygens (including phenoxy) is 2. The average molecular weight is 426 g/mol. The Labute approximate surface area is 174 Å². The summed E-state index contributed by atoms with van der Waals surface area (Å²) >= 11 is 0. The second kappa shape index (κ2) is 10.6. The standard InChI is InChI=1S/C22H26F4N2O2/c23-20-5-1-2-6-21(20)29-17-16-28-14-12-27(13-15-28)11-3-4-18-7-9-19(10-8-18)30-22(24,25)26/h1-2,5-10H,3-4,11-17H2. The van der Waals surface area contributed by atoms with Crippen molar-refractivity contribution in [1.29, 1.82) is 0 Å². The highest BCUT2D eigenvalue weighted by atomic mass is 19.4. The predicted molar refractivity (Wildman–Crippen MR) is 106 cm³/mol. The van der Waals surface area contributed by atoms with E-state index < -0.39 is 6.36 Å². The molecule has 0 bridgehead atoms. The number of halogens is 4. The normalized spacial score (nSPS) is 15.9. The topological polar surface area (TPSA) is 24.9 Å². The number of hydrogen-bond acceptors (Lipinski definition) is 4. The first kappa shape index (κ1) is 22.4. The number of rotatable bonds is 9. The third-order valence-corrected chi connectivity index (χ3v) is 5.06. The molecule has 1 aliphatic rings. The van der Waals surface area contributed by atoms with Crippen LogP contribution in [0.15, 0.2) is 48.5 Å². The summed E-state index contributed by atoms with van der Waals surface area (Å²) < 4.78 is 59.5. The van der Waals surface area contributed by atoms with Crippen molar-refractivity contribution in [3.63, 3.8) is 0 Å². The van der Waals surface area contributed by atoms with Gasteiger partial charge >= 0.3 is 6.36 Å². The van der Waals surface area contributed by atoms with Gasteiger partial charge in [-0.15, -0.1) is 13.2 Å². The molecule has 0 atom stereocenters. The minimum Gasteiger partial charge on any atom is -0.489 e. The first-order valence-corrected chi connectivity index (χ1v) is 10.1. The first-order valence-electron chi connectivity index (χ1n) is 10.1. The van der Waals surface area contributed by atoms with Gasteiger partial charge in [0.2, 0.25) is 0 Å². The second-order valence-electron chi connectivity index (χ2n) is 7.26. The van der Waals surface area contributed by atoms with E-state index in [0.29, 0.717) is 6.61 Å². The largest absolute Gasteiger partial charge is 0.573 e. The van der Waals surface area contributed by atoms with Gasteiger partial charge in [0.1, 0.15) is 12.4 Å². The van der Waals surface area contributed by atoms with Crippen molar-refractivity contribution in [3.8, 4) is 11.5 Å². The van der Waals surface area contributed by atoms with Gasteiger partial charge in [0.15, 0.2) is 11.6 Å². The highest BCUT2D eigenvalue weighted by Crippen LogP contribution is 2.23. The third kappa shape index (κ3) is 7.50. The Bertz CT molecular complexity index is 775. The van der Waals surface area contributed by atoms with Crippen LogP contribution in [0.3, 0.4) is 0 Å². The minimum absolute atomic E-state index is 0.193. The lowest BCUT2D eigenvalue weighted by atomic mass is 10.1. The maximum atomic E-state index is 13.5. The van der Waals surface area contributed by atoms with Crippen LogP contribution in [0, 0.1) is 5.82 Å². The van der Waals surface area contributed by atoms with Gasteiger partial charge in [-0.05, 0) is 49.2 Å². The van der Waals surface area contributed by atoms with Crippen LogP contribution in [0.4, 0.5) is 17.6 Å². The lowest BCUT2D eigenvalue weighted by Crippen LogP contribution is -2.47. The molecule has 4 nitrogen and oxygen atoms in total. The molecular formula is C22H26F4N2O2. The molecule has 0 aliphatic carbocycles. The molecule has 1 aliphatic heterocycles. The van der Waals surface area contributed by atoms with E-state index in [9.17, 15) is 17.6 Å². The summed E-state index contributed by atoms with van der Waals surface area (Å²) in [6.07, 6.45) is -2.91. The molecule has 0 aromatic heterocycles. The number of para-hydroxylation sites is 1. The molecule has 0 radical (unpaired) electrons. The Balaban J connectivity index is 1.29. The predicted octanol–water partition coefficient (Wildman–Crippen LogP) is 4.35. The molecule has 2 aromatic rings. The van der Waals surface area contributed by atoms with E-state index in [0.717, 1.165) is 57.7 Å². The van der Waals surface area contributed by atoms with Gasteiger partial charge in [0.05, 0.1) is 0 Å². The average Bonchev–Trinajstić information content (AvgIpc) is 2.71. The van der Waals surface area contributed by atoms with Gasteiger partial charge in [-0.2, -0.15) is 0 Å². The molecule has 2 aromatic carbocycles. The highest BCUT2D eigenvalue weighted by Gasteiger charge is 2.30. The molecule has 1 fully saturated rings. The fourth-order valence-electron chi connectivity index (χ4n) is 3.45. The smallest absolute Gasteiger partial charge is 0.489 e. The zero-order valence-electron chi connectivity index (χ0n) is 16.7. The van der Waals surface area contributed by atoms with Crippen LogP contribution in [-0.4, -0.2) is 62.0 Å². The molecule has 0 saturated carbocycles. The molecule has 0 amide bonds. The van der Waals surface area contributed by atoms with Crippen molar-refractivity contribution < 1.29 is 27.0 Å². The molecule has 30 heavy (non-hydrogen) atoms. The Morgan fingerprint density at radius 1 is 0.833 bits per heavy atom. The molecule has 8 heteroatoms. The van der Waals surface area contributed by atoms with Crippen molar-refractivity contribution in [2.75, 3.05) is 45.9 Å². The lowest BCUT2D eigenvalue weighted by Gasteiger charge is -2.34. The zero-order valence-corrected chi connectivity index (χ0v) is 16.7. The molecule has 1 heterocycles. The maximum absolute atomic E-state index is 13.5. The van der Waals surface area contributed by atoms with E-state index in [1.54, 1.807) is 30.3 Å². The molecule has 3 rings (SSSR count). The fourth-order valence-corrected chi connectivity index (χ4v) is 3.45. The van der Waals surface area contributed by atoms with Crippen LogP contribution in [0.5, 0.6) is 11.5 Å². The quantitative estimate of drug-likeness (QED) is 0.557. The van der Waals surface area contributed by atoms with Gasteiger partial charge in [0.25, 0.3) is 0 Å². The van der Waals surface area contributed by atoms with E-state index in [4.69, 9.17) is 4.74 Å². The maximum Gasteiger partial charge on any atom is 0.573 e. The van der Waals surface area contributed by atoms with Crippen LogP contribution in [0.2, 0.25) is 0 Å². The monoisotopic (exact) mass is 426 g/mol. The van der Waals surface area contributed by atoms with Crippen molar-refractivity contribution >= 4 is 0 Å². The second-order valence-corrected chi connectivity index (χ2v) is 7.26. The lowest BCUT2D eigenvalue weighted by molar-refractivity contribution is -0.274. The van der Waals surface area contributed by atoms with Crippen LogP contribution in [0.1, 0.15) is 12.0 Å². The van der Waals surface area contributed by atoms with Gasteiger partial charge in [-0.25, -0.2) is 4.39 Å². The number of benzene rings is 2. The van der Waals surface area contributed by atoms with Crippen molar-refractivity contribution in [2.24, 2.45) is 0 Å². The minimum atomic E-state index is -4.66. The molecule has 0 spiro atoms. The molecule has 1 saturated heterocycles. The van der Waals surface area contributed by atoms with Crippen molar-refractivity contribution in [1.82, 2.24) is 9.80 Å². The van der Waals surface area contributed by atoms with E-state index in [1.165, 1.54) is 18.2 Å². The van der Waals surface area contributed by atoms with Crippen LogP contribution >= 0.6 is 0 Å². The van der Waals surface area contributed by atoms with Gasteiger partial charge in [0, 0.05) is 32.7 Å². The molecule has 0 N–H and O–H groups in total. The van der Waals surface area contributed by atoms with E-state index in [1.807, 2.05) is 0 Å². The summed E-state index contributed by atoms with van der Waals surface area (Å²) in [6.45, 7) is 5.94. The van der Waals surface area contributed by atoms with Gasteiger partial charge < -0.3 is 14.4 Å². The van der Waals surface area contributed by atoms with Crippen molar-refractivity contribution in [2.45, 2.75) is 19.2 Å². The summed E-state index contributed by atoms with van der Waals surface area (Å²) in [7, 11) is 0. The van der Waals surface area contributed by atoms with Crippen LogP contribution in [-0.2, 0) is 6.42 Å². The first-order chi connectivity index (χ1) is 14.4. The number of hydrogen-bond donors (Lipinski definition) is 0. The van der Waals surface area contributed by atoms with E-state index in [2.05, 4.69) is 14.5 Å². The van der Waals surface area contributed by atoms with Crippen molar-refractivity contribution in [3.05, 3.63) is 59.9 Å². The number of piperazine rings is 1. The molecular weight excluding hydrogens is 400 g/mol. The van der Waals surface area contributed by atoms with Crippen LogP contribution in [0.25, 0.3) is 0 Å².